The van der Waals surface area contributed by atoms with Crippen molar-refractivity contribution in [2.75, 3.05) is 0 Å². The normalized spacial score (nSPS) is 12.8. The summed E-state index contributed by atoms with van der Waals surface area (Å²) in [5.41, 5.74) is 7.99. The van der Waals surface area contributed by atoms with E-state index in [0.29, 0.717) is 0 Å². The Morgan fingerprint density at radius 1 is 1.38 bits per heavy atom. The van der Waals surface area contributed by atoms with Crippen LogP contribution in [-0.2, 0) is 6.61 Å². The second-order valence-corrected chi connectivity index (χ2v) is 3.25. The quantitative estimate of drug-likeness (QED) is 0.742. The van der Waals surface area contributed by atoms with Gasteiger partial charge in [0, 0.05) is 6.04 Å². The topological polar surface area (TPSA) is 46.2 Å². The summed E-state index contributed by atoms with van der Waals surface area (Å²) in [7, 11) is 0. The van der Waals surface area contributed by atoms with Gasteiger partial charge in [0.25, 0.3) is 0 Å². The zero-order chi connectivity index (χ0) is 9.68. The van der Waals surface area contributed by atoms with Gasteiger partial charge in [0.2, 0.25) is 0 Å². The van der Waals surface area contributed by atoms with Crippen LogP contribution in [0.1, 0.15) is 36.9 Å². The third kappa shape index (κ3) is 2.54. The summed E-state index contributed by atoms with van der Waals surface area (Å²) in [5.74, 6) is 0. The fourth-order valence-corrected chi connectivity index (χ4v) is 1.51. The molecule has 0 fully saturated rings. The molecule has 0 aromatic heterocycles. The minimum Gasteiger partial charge on any atom is -0.392 e. The molecule has 0 heterocycles. The van der Waals surface area contributed by atoms with Crippen molar-refractivity contribution in [1.29, 1.82) is 0 Å². The van der Waals surface area contributed by atoms with E-state index in [1.165, 1.54) is 0 Å². The number of hydrogen-bond donors (Lipinski definition) is 2. The smallest absolute Gasteiger partial charge is 0.0685 e. The standard InChI is InChI=1S/C11H17NO/c1-2-5-11(12)10-7-4-3-6-9(10)8-13/h3-4,6-7,11,13H,2,5,8,12H2,1H3/t11-/m1/s1. The van der Waals surface area contributed by atoms with E-state index in [9.17, 15) is 0 Å². The van der Waals surface area contributed by atoms with Gasteiger partial charge in [0.1, 0.15) is 0 Å². The van der Waals surface area contributed by atoms with Crippen LogP contribution in [0.15, 0.2) is 24.3 Å². The van der Waals surface area contributed by atoms with Crippen molar-refractivity contribution in [1.82, 2.24) is 0 Å². The van der Waals surface area contributed by atoms with E-state index in [4.69, 9.17) is 10.8 Å². The van der Waals surface area contributed by atoms with E-state index >= 15 is 0 Å². The summed E-state index contributed by atoms with van der Waals surface area (Å²) in [6, 6.07) is 7.86. The van der Waals surface area contributed by atoms with Crippen molar-refractivity contribution >= 4 is 0 Å². The third-order valence-corrected chi connectivity index (χ3v) is 2.22. The molecule has 0 unspecified atom stereocenters. The number of hydrogen-bond acceptors (Lipinski definition) is 2. The average Bonchev–Trinajstić information content (AvgIpc) is 2.18. The number of aliphatic hydroxyl groups is 1. The van der Waals surface area contributed by atoms with Crippen LogP contribution < -0.4 is 5.73 Å². The average molecular weight is 179 g/mol. The van der Waals surface area contributed by atoms with Gasteiger partial charge in [0.15, 0.2) is 0 Å². The molecule has 0 amide bonds. The van der Waals surface area contributed by atoms with E-state index in [2.05, 4.69) is 6.92 Å². The van der Waals surface area contributed by atoms with Crippen molar-refractivity contribution in [2.45, 2.75) is 32.4 Å². The molecule has 1 aromatic rings. The van der Waals surface area contributed by atoms with E-state index in [1.807, 2.05) is 24.3 Å². The van der Waals surface area contributed by atoms with Gasteiger partial charge >= 0.3 is 0 Å². The molecule has 1 atom stereocenters. The first-order chi connectivity index (χ1) is 6.29. The molecule has 0 radical (unpaired) electrons. The van der Waals surface area contributed by atoms with Gasteiger partial charge < -0.3 is 10.8 Å². The van der Waals surface area contributed by atoms with E-state index in [1.54, 1.807) is 0 Å². The molecule has 1 rings (SSSR count). The summed E-state index contributed by atoms with van der Waals surface area (Å²) >= 11 is 0. The summed E-state index contributed by atoms with van der Waals surface area (Å²) in [5, 5.41) is 9.08. The van der Waals surface area contributed by atoms with Crippen molar-refractivity contribution in [2.24, 2.45) is 5.73 Å². The highest BCUT2D eigenvalue weighted by Crippen LogP contribution is 2.19. The molecule has 0 saturated heterocycles. The number of aliphatic hydroxyl groups excluding tert-OH is 1. The minimum atomic E-state index is 0.0633. The Balaban J connectivity index is 2.85. The van der Waals surface area contributed by atoms with Crippen molar-refractivity contribution in [3.63, 3.8) is 0 Å². The van der Waals surface area contributed by atoms with Crippen molar-refractivity contribution < 1.29 is 5.11 Å². The molecule has 3 N–H and O–H groups in total. The fraction of sp³-hybridized carbons (Fsp3) is 0.455. The lowest BCUT2D eigenvalue weighted by atomic mass is 9.98. The van der Waals surface area contributed by atoms with Crippen LogP contribution in [0.2, 0.25) is 0 Å². The van der Waals surface area contributed by atoms with E-state index in [0.717, 1.165) is 24.0 Å². The molecule has 2 nitrogen and oxygen atoms in total. The van der Waals surface area contributed by atoms with Crippen LogP contribution in [-0.4, -0.2) is 5.11 Å². The van der Waals surface area contributed by atoms with Crippen LogP contribution in [0.25, 0.3) is 0 Å². The Labute approximate surface area is 79.4 Å². The third-order valence-electron chi connectivity index (χ3n) is 2.22. The van der Waals surface area contributed by atoms with Gasteiger partial charge in [-0.15, -0.1) is 0 Å². The Kier molecular flexibility index (Phi) is 3.93. The zero-order valence-electron chi connectivity index (χ0n) is 8.03. The SMILES string of the molecule is CCC[C@@H](N)c1ccccc1CO. The summed E-state index contributed by atoms with van der Waals surface area (Å²) < 4.78 is 0. The Morgan fingerprint density at radius 2 is 2.08 bits per heavy atom. The molecular weight excluding hydrogens is 162 g/mol. The molecule has 0 aliphatic rings. The molecule has 13 heavy (non-hydrogen) atoms. The summed E-state index contributed by atoms with van der Waals surface area (Å²) in [6.45, 7) is 2.19. The lowest BCUT2D eigenvalue weighted by Gasteiger charge is -2.14. The van der Waals surface area contributed by atoms with Crippen LogP contribution in [0.4, 0.5) is 0 Å². The second kappa shape index (κ2) is 5.00. The Bertz CT molecular complexity index is 260. The number of benzene rings is 1. The Morgan fingerprint density at radius 3 is 2.69 bits per heavy atom. The molecule has 0 aliphatic heterocycles. The van der Waals surface area contributed by atoms with Crippen molar-refractivity contribution in [3.8, 4) is 0 Å². The molecule has 72 valence electrons. The molecule has 0 spiro atoms. The second-order valence-electron chi connectivity index (χ2n) is 3.25. The van der Waals surface area contributed by atoms with Gasteiger partial charge in [-0.25, -0.2) is 0 Å². The number of rotatable bonds is 4. The highest BCUT2D eigenvalue weighted by Gasteiger charge is 2.08. The molecule has 0 saturated carbocycles. The predicted molar refractivity (Wildman–Crippen MR) is 54.2 cm³/mol. The monoisotopic (exact) mass is 179 g/mol. The highest BCUT2D eigenvalue weighted by molar-refractivity contribution is 5.29. The maximum Gasteiger partial charge on any atom is 0.0685 e. The molecule has 2 heteroatoms. The highest BCUT2D eigenvalue weighted by atomic mass is 16.3. The first-order valence-electron chi connectivity index (χ1n) is 4.73. The fourth-order valence-electron chi connectivity index (χ4n) is 1.51. The Hall–Kier alpha value is -0.860. The van der Waals surface area contributed by atoms with Crippen molar-refractivity contribution in [3.05, 3.63) is 35.4 Å². The first-order valence-corrected chi connectivity index (χ1v) is 4.73. The van der Waals surface area contributed by atoms with Crippen LogP contribution in [0.3, 0.4) is 0 Å². The molecule has 0 bridgehead atoms. The molecule has 0 aliphatic carbocycles. The first kappa shape index (κ1) is 10.2. The maximum atomic E-state index is 9.08. The minimum absolute atomic E-state index is 0.0633. The number of nitrogens with two attached hydrogens (primary N) is 1. The van der Waals surface area contributed by atoms with Gasteiger partial charge in [-0.2, -0.15) is 0 Å². The van der Waals surface area contributed by atoms with Crippen LogP contribution in [0, 0.1) is 0 Å². The predicted octanol–water partition coefficient (Wildman–Crippen LogP) is 1.98. The lowest BCUT2D eigenvalue weighted by molar-refractivity contribution is 0.279. The van der Waals surface area contributed by atoms with Gasteiger partial charge in [0.05, 0.1) is 6.61 Å². The van der Waals surface area contributed by atoms with E-state index in [-0.39, 0.29) is 12.6 Å². The molecule has 1 aromatic carbocycles. The lowest BCUT2D eigenvalue weighted by Crippen LogP contribution is -2.12. The maximum absolute atomic E-state index is 9.08. The van der Waals surface area contributed by atoms with Gasteiger partial charge in [-0.05, 0) is 17.5 Å². The zero-order valence-corrected chi connectivity index (χ0v) is 8.03. The van der Waals surface area contributed by atoms with Gasteiger partial charge in [-0.1, -0.05) is 37.6 Å². The summed E-state index contributed by atoms with van der Waals surface area (Å²) in [6.07, 6.45) is 2.04. The van der Waals surface area contributed by atoms with E-state index < -0.39 is 0 Å². The van der Waals surface area contributed by atoms with Crippen LogP contribution in [0.5, 0.6) is 0 Å². The molecular formula is C11H17NO. The van der Waals surface area contributed by atoms with Gasteiger partial charge in [-0.3, -0.25) is 0 Å². The van der Waals surface area contributed by atoms with Crippen LogP contribution >= 0.6 is 0 Å². The largest absolute Gasteiger partial charge is 0.392 e. The summed E-state index contributed by atoms with van der Waals surface area (Å²) in [4.78, 5) is 0.